The lowest BCUT2D eigenvalue weighted by atomic mass is 10.0. The van der Waals surface area contributed by atoms with Crippen molar-refractivity contribution in [3.8, 4) is 5.75 Å². The van der Waals surface area contributed by atoms with Gasteiger partial charge in [-0.15, -0.1) is 0 Å². The van der Waals surface area contributed by atoms with E-state index in [4.69, 9.17) is 10.8 Å². The van der Waals surface area contributed by atoms with Crippen LogP contribution in [-0.4, -0.2) is 22.0 Å². The van der Waals surface area contributed by atoms with E-state index < -0.39 is 23.1 Å². The third kappa shape index (κ3) is 1.96. The molecule has 0 fully saturated rings. The summed E-state index contributed by atoms with van der Waals surface area (Å²) in [6.07, 6.45) is 0.972. The zero-order valence-corrected chi connectivity index (χ0v) is 7.73. The normalized spacial score (nSPS) is 9.60. The van der Waals surface area contributed by atoms with Gasteiger partial charge in [0.2, 0.25) is 0 Å². The Morgan fingerprint density at radius 2 is 1.87 bits per heavy atom. The molecule has 0 saturated carbocycles. The first-order valence-corrected chi connectivity index (χ1v) is 4.00. The summed E-state index contributed by atoms with van der Waals surface area (Å²) in [7, 11) is 0. The molecule has 1 aromatic rings. The molecular formula is C10H9NO4. The van der Waals surface area contributed by atoms with Gasteiger partial charge in [-0.25, -0.2) is 4.79 Å². The SMILES string of the molecule is C=CC(=O)c1cc(N)cc(C(=O)O)c1O. The molecule has 0 unspecified atom stereocenters. The second-order valence-corrected chi connectivity index (χ2v) is 2.84. The molecule has 0 spiro atoms. The molecule has 15 heavy (non-hydrogen) atoms. The number of anilines is 1. The molecule has 0 bridgehead atoms. The largest absolute Gasteiger partial charge is 0.506 e. The summed E-state index contributed by atoms with van der Waals surface area (Å²) in [5.41, 5.74) is 4.92. The Balaban J connectivity index is 3.47. The molecule has 4 N–H and O–H groups in total. The minimum absolute atomic E-state index is 0.0930. The van der Waals surface area contributed by atoms with Crippen molar-refractivity contribution in [3.05, 3.63) is 35.9 Å². The zero-order chi connectivity index (χ0) is 11.6. The summed E-state index contributed by atoms with van der Waals surface area (Å²) in [5.74, 6) is -2.53. The number of carboxylic acid groups (broad SMARTS) is 1. The second kappa shape index (κ2) is 3.83. The molecule has 5 heteroatoms. The van der Waals surface area contributed by atoms with E-state index in [1.54, 1.807) is 0 Å². The monoisotopic (exact) mass is 207 g/mol. The van der Waals surface area contributed by atoms with Crippen LogP contribution in [0.15, 0.2) is 24.8 Å². The summed E-state index contributed by atoms with van der Waals surface area (Å²) in [6.45, 7) is 3.23. The molecule has 78 valence electrons. The first-order chi connectivity index (χ1) is 6.97. The third-order valence-electron chi connectivity index (χ3n) is 1.81. The number of ketones is 1. The predicted molar refractivity (Wildman–Crippen MR) is 54.0 cm³/mol. The maximum Gasteiger partial charge on any atom is 0.339 e. The van der Waals surface area contributed by atoms with Crippen LogP contribution in [-0.2, 0) is 0 Å². The van der Waals surface area contributed by atoms with Crippen LogP contribution in [0.4, 0.5) is 5.69 Å². The van der Waals surface area contributed by atoms with Gasteiger partial charge in [0.1, 0.15) is 11.3 Å². The van der Waals surface area contributed by atoms with Gasteiger partial charge < -0.3 is 15.9 Å². The van der Waals surface area contributed by atoms with Gasteiger partial charge in [-0.1, -0.05) is 6.58 Å². The molecular weight excluding hydrogens is 198 g/mol. The van der Waals surface area contributed by atoms with Crippen molar-refractivity contribution in [2.24, 2.45) is 0 Å². The lowest BCUT2D eigenvalue weighted by Crippen LogP contribution is -2.04. The lowest BCUT2D eigenvalue weighted by molar-refractivity contribution is 0.0694. The van der Waals surface area contributed by atoms with Crippen molar-refractivity contribution >= 4 is 17.4 Å². The minimum atomic E-state index is -1.35. The average Bonchev–Trinajstić information content (AvgIpc) is 2.19. The number of rotatable bonds is 3. The molecule has 0 aliphatic rings. The Morgan fingerprint density at radius 1 is 1.33 bits per heavy atom. The fraction of sp³-hybridized carbons (Fsp3) is 0. The number of hydrogen-bond donors (Lipinski definition) is 3. The van der Waals surface area contributed by atoms with Crippen LogP contribution in [0.1, 0.15) is 20.7 Å². The first kappa shape index (κ1) is 10.8. The highest BCUT2D eigenvalue weighted by Gasteiger charge is 2.17. The highest BCUT2D eigenvalue weighted by Crippen LogP contribution is 2.26. The Hall–Kier alpha value is -2.30. The molecule has 0 amide bonds. The number of phenols is 1. The van der Waals surface area contributed by atoms with E-state index in [1.807, 2.05) is 0 Å². The lowest BCUT2D eigenvalue weighted by Gasteiger charge is -2.05. The van der Waals surface area contributed by atoms with Crippen LogP contribution in [0.2, 0.25) is 0 Å². The summed E-state index contributed by atoms with van der Waals surface area (Å²) in [5, 5.41) is 18.2. The summed E-state index contributed by atoms with van der Waals surface area (Å²) < 4.78 is 0. The van der Waals surface area contributed by atoms with Gasteiger partial charge in [-0.3, -0.25) is 4.79 Å². The number of allylic oxidation sites excluding steroid dienone is 1. The van der Waals surface area contributed by atoms with E-state index in [2.05, 4.69) is 6.58 Å². The number of aromatic hydroxyl groups is 1. The molecule has 0 heterocycles. The van der Waals surface area contributed by atoms with Crippen LogP contribution in [0.25, 0.3) is 0 Å². The van der Waals surface area contributed by atoms with Crippen LogP contribution in [0, 0.1) is 0 Å². The molecule has 5 nitrogen and oxygen atoms in total. The van der Waals surface area contributed by atoms with Gasteiger partial charge in [-0.05, 0) is 18.2 Å². The van der Waals surface area contributed by atoms with Crippen molar-refractivity contribution in [1.82, 2.24) is 0 Å². The fourth-order valence-electron chi connectivity index (χ4n) is 1.12. The van der Waals surface area contributed by atoms with Gasteiger partial charge in [0.25, 0.3) is 0 Å². The highest BCUT2D eigenvalue weighted by atomic mass is 16.4. The van der Waals surface area contributed by atoms with Crippen molar-refractivity contribution in [3.63, 3.8) is 0 Å². The number of carbonyl (C=O) groups is 2. The number of carbonyl (C=O) groups excluding carboxylic acids is 1. The van der Waals surface area contributed by atoms with E-state index >= 15 is 0 Å². The number of aromatic carboxylic acids is 1. The Kier molecular flexibility index (Phi) is 2.75. The molecule has 1 rings (SSSR count). The number of carboxylic acids is 1. The van der Waals surface area contributed by atoms with Crippen molar-refractivity contribution < 1.29 is 19.8 Å². The Labute approximate surface area is 85.5 Å². The van der Waals surface area contributed by atoms with Gasteiger partial charge in [0.05, 0.1) is 5.56 Å². The third-order valence-corrected chi connectivity index (χ3v) is 1.81. The second-order valence-electron chi connectivity index (χ2n) is 2.84. The van der Waals surface area contributed by atoms with Gasteiger partial charge in [-0.2, -0.15) is 0 Å². The zero-order valence-electron chi connectivity index (χ0n) is 7.73. The molecule has 0 aliphatic carbocycles. The Bertz CT molecular complexity index is 451. The van der Waals surface area contributed by atoms with Crippen molar-refractivity contribution in [1.29, 1.82) is 0 Å². The highest BCUT2D eigenvalue weighted by molar-refractivity contribution is 6.09. The van der Waals surface area contributed by atoms with Crippen LogP contribution < -0.4 is 5.73 Å². The smallest absolute Gasteiger partial charge is 0.339 e. The standard InChI is InChI=1S/C10H9NO4/c1-2-8(12)6-3-5(11)4-7(9(6)13)10(14)15/h2-4,13H,1,11H2,(H,14,15). The topological polar surface area (TPSA) is 101 Å². The molecule has 0 aliphatic heterocycles. The quantitative estimate of drug-likeness (QED) is 0.297. The van der Waals surface area contributed by atoms with Gasteiger partial charge >= 0.3 is 5.97 Å². The molecule has 0 atom stereocenters. The average molecular weight is 207 g/mol. The van der Waals surface area contributed by atoms with Gasteiger partial charge in [0.15, 0.2) is 5.78 Å². The number of hydrogen-bond acceptors (Lipinski definition) is 4. The van der Waals surface area contributed by atoms with Crippen LogP contribution >= 0.6 is 0 Å². The number of nitrogen functional groups attached to an aromatic ring is 1. The maximum absolute atomic E-state index is 11.2. The van der Waals surface area contributed by atoms with E-state index in [9.17, 15) is 14.7 Å². The molecule has 0 aromatic heterocycles. The van der Waals surface area contributed by atoms with Crippen molar-refractivity contribution in [2.45, 2.75) is 0 Å². The maximum atomic E-state index is 11.2. The van der Waals surface area contributed by atoms with Crippen LogP contribution in [0.3, 0.4) is 0 Å². The van der Waals surface area contributed by atoms with Crippen molar-refractivity contribution in [2.75, 3.05) is 5.73 Å². The summed E-state index contributed by atoms with van der Waals surface area (Å²) >= 11 is 0. The Morgan fingerprint density at radius 3 is 2.33 bits per heavy atom. The first-order valence-electron chi connectivity index (χ1n) is 4.00. The van der Waals surface area contributed by atoms with E-state index in [0.717, 1.165) is 12.1 Å². The number of nitrogens with two attached hydrogens (primary N) is 1. The van der Waals surface area contributed by atoms with Gasteiger partial charge in [0, 0.05) is 5.69 Å². The summed E-state index contributed by atoms with van der Waals surface area (Å²) in [4.78, 5) is 21.9. The van der Waals surface area contributed by atoms with Crippen LogP contribution in [0.5, 0.6) is 5.75 Å². The van der Waals surface area contributed by atoms with E-state index in [0.29, 0.717) is 0 Å². The van der Waals surface area contributed by atoms with E-state index in [1.165, 1.54) is 6.07 Å². The minimum Gasteiger partial charge on any atom is -0.506 e. The number of benzene rings is 1. The molecule has 1 aromatic carbocycles. The molecule has 0 radical (unpaired) electrons. The molecule has 0 saturated heterocycles. The fourth-order valence-corrected chi connectivity index (χ4v) is 1.12. The van der Waals surface area contributed by atoms with E-state index in [-0.39, 0.29) is 11.3 Å². The predicted octanol–water partition coefficient (Wildman–Crippen LogP) is 1.04. The summed E-state index contributed by atoms with van der Waals surface area (Å²) in [6, 6.07) is 2.28.